The van der Waals surface area contributed by atoms with Crippen LogP contribution in [0.25, 0.3) is 11.4 Å². The highest BCUT2D eigenvalue weighted by Gasteiger charge is 2.12. The summed E-state index contributed by atoms with van der Waals surface area (Å²) >= 11 is 9.29. The van der Waals surface area contributed by atoms with Gasteiger partial charge in [-0.25, -0.2) is 4.79 Å². The second-order valence-corrected chi connectivity index (χ2v) is 5.88. The summed E-state index contributed by atoms with van der Waals surface area (Å²) in [4.78, 5) is 13.1. The third-order valence-corrected chi connectivity index (χ3v) is 3.66. The molecule has 0 aliphatic carbocycles. The maximum Gasteiger partial charge on any atom is 0.335 e. The van der Waals surface area contributed by atoms with Crippen LogP contribution in [0.2, 0.25) is 5.02 Å². The highest BCUT2D eigenvalue weighted by atomic mass is 79.9. The van der Waals surface area contributed by atoms with Gasteiger partial charge in [0.1, 0.15) is 5.75 Å². The van der Waals surface area contributed by atoms with Gasteiger partial charge in [-0.15, -0.1) is 10.2 Å². The van der Waals surface area contributed by atoms with Gasteiger partial charge in [0.25, 0.3) is 0 Å². The lowest BCUT2D eigenvalue weighted by atomic mass is 10.2. The third-order valence-electron chi connectivity index (χ3n) is 2.87. The fourth-order valence-electron chi connectivity index (χ4n) is 1.84. The predicted octanol–water partition coefficient (Wildman–Crippen LogP) is 3.36. The summed E-state index contributed by atoms with van der Waals surface area (Å²) < 4.78 is 6.00. The Morgan fingerprint density at radius 3 is 2.74 bits per heavy atom. The summed E-state index contributed by atoms with van der Waals surface area (Å²) in [5.74, 6) is 0.189. The molecule has 0 saturated heterocycles. The topological polar surface area (TPSA) is 69.9 Å². The van der Waals surface area contributed by atoms with Crippen LogP contribution < -0.4 is 4.74 Å². The van der Waals surface area contributed by atoms with E-state index in [1.54, 1.807) is 18.2 Å². The Balaban J connectivity index is 1.68. The minimum absolute atomic E-state index is 0.160. The molecule has 0 bridgehead atoms. The van der Waals surface area contributed by atoms with Gasteiger partial charge in [-0.1, -0.05) is 57.9 Å². The van der Waals surface area contributed by atoms with Crippen LogP contribution in [-0.2, 0) is 11.3 Å². The van der Waals surface area contributed by atoms with Gasteiger partial charge in [0, 0.05) is 10.0 Å². The first-order chi connectivity index (χ1) is 11.1. The number of ether oxygens (including phenoxy) is 1. The maximum atomic E-state index is 11.9. The molecule has 0 N–H and O–H groups in total. The van der Waals surface area contributed by atoms with Gasteiger partial charge >= 0.3 is 5.97 Å². The molecule has 1 heterocycles. The van der Waals surface area contributed by atoms with E-state index in [1.165, 1.54) is 4.80 Å². The molecule has 1 aromatic heterocycles. The molecule has 0 amide bonds. The van der Waals surface area contributed by atoms with E-state index in [-0.39, 0.29) is 12.3 Å². The van der Waals surface area contributed by atoms with Gasteiger partial charge in [0.2, 0.25) is 5.82 Å². The molecule has 6 nitrogen and oxygen atoms in total. The summed E-state index contributed by atoms with van der Waals surface area (Å²) in [6.45, 7) is -0.160. The Bertz CT molecular complexity index is 839. The summed E-state index contributed by atoms with van der Waals surface area (Å²) in [5.41, 5.74) is 0.822. The molecule has 2 aromatic carbocycles. The van der Waals surface area contributed by atoms with Crippen molar-refractivity contribution in [2.45, 2.75) is 6.54 Å². The average Bonchev–Trinajstić information content (AvgIpc) is 2.99. The number of carbonyl (C=O) groups excluding carboxylic acids is 1. The summed E-state index contributed by atoms with van der Waals surface area (Å²) in [6.07, 6.45) is 0. The molecule has 0 saturated carbocycles. The normalized spacial score (nSPS) is 10.5. The Labute approximate surface area is 145 Å². The number of halogens is 2. The van der Waals surface area contributed by atoms with Crippen LogP contribution >= 0.6 is 27.5 Å². The van der Waals surface area contributed by atoms with E-state index in [9.17, 15) is 4.79 Å². The Morgan fingerprint density at radius 1 is 1.22 bits per heavy atom. The number of hydrogen-bond acceptors (Lipinski definition) is 5. The van der Waals surface area contributed by atoms with E-state index >= 15 is 0 Å². The number of hydrogen-bond donors (Lipinski definition) is 0. The second-order valence-electron chi connectivity index (χ2n) is 4.56. The zero-order valence-electron chi connectivity index (χ0n) is 11.7. The standard InChI is InChI=1S/C15H10BrClN4O2/c16-11-6-7-13(12(17)8-11)23-14(22)9-21-19-15(18-20-21)10-4-2-1-3-5-10/h1-8H,9H2. The van der Waals surface area contributed by atoms with Crippen LogP contribution in [-0.4, -0.2) is 26.2 Å². The molecule has 3 aromatic rings. The van der Waals surface area contributed by atoms with Crippen LogP contribution in [0, 0.1) is 0 Å². The highest BCUT2D eigenvalue weighted by Crippen LogP contribution is 2.27. The zero-order valence-corrected chi connectivity index (χ0v) is 14.0. The van der Waals surface area contributed by atoms with Crippen LogP contribution in [0.4, 0.5) is 0 Å². The molecule has 0 atom stereocenters. The molecule has 3 rings (SSSR count). The van der Waals surface area contributed by atoms with Gasteiger partial charge in [-0.2, -0.15) is 4.80 Å². The smallest absolute Gasteiger partial charge is 0.335 e. The third kappa shape index (κ3) is 3.94. The van der Waals surface area contributed by atoms with E-state index in [1.807, 2.05) is 30.3 Å². The molecular weight excluding hydrogens is 384 g/mol. The number of nitrogens with zero attached hydrogens (tertiary/aromatic N) is 4. The molecule has 0 spiro atoms. The van der Waals surface area contributed by atoms with E-state index in [0.29, 0.717) is 10.8 Å². The second kappa shape index (κ2) is 6.89. The van der Waals surface area contributed by atoms with Crippen molar-refractivity contribution in [3.63, 3.8) is 0 Å². The van der Waals surface area contributed by atoms with Crippen molar-refractivity contribution >= 4 is 33.5 Å². The first-order valence-electron chi connectivity index (χ1n) is 6.61. The number of tetrazole rings is 1. The molecule has 0 unspecified atom stereocenters. The minimum atomic E-state index is -0.536. The van der Waals surface area contributed by atoms with Crippen molar-refractivity contribution < 1.29 is 9.53 Å². The Morgan fingerprint density at radius 2 is 2.00 bits per heavy atom. The number of carbonyl (C=O) groups is 1. The predicted molar refractivity (Wildman–Crippen MR) is 88.0 cm³/mol. The van der Waals surface area contributed by atoms with Gasteiger partial charge in [-0.3, -0.25) is 0 Å². The van der Waals surface area contributed by atoms with E-state index in [2.05, 4.69) is 31.3 Å². The van der Waals surface area contributed by atoms with Crippen molar-refractivity contribution in [1.29, 1.82) is 0 Å². The Hall–Kier alpha value is -2.25. The molecule has 8 heteroatoms. The fraction of sp³-hybridized carbons (Fsp3) is 0.0667. The fourth-order valence-corrected chi connectivity index (χ4v) is 2.55. The SMILES string of the molecule is O=C(Cn1nnc(-c2ccccc2)n1)Oc1ccc(Br)cc1Cl. The molecular formula is C15H10BrClN4O2. The largest absolute Gasteiger partial charge is 0.424 e. The van der Waals surface area contributed by atoms with Gasteiger partial charge in [-0.05, 0) is 23.4 Å². The first-order valence-corrected chi connectivity index (χ1v) is 7.78. The van der Waals surface area contributed by atoms with Gasteiger partial charge in [0.05, 0.1) is 5.02 Å². The molecule has 116 valence electrons. The average molecular weight is 394 g/mol. The molecule has 0 aliphatic rings. The van der Waals surface area contributed by atoms with Crippen LogP contribution in [0.1, 0.15) is 0 Å². The van der Waals surface area contributed by atoms with Crippen molar-refractivity contribution in [1.82, 2.24) is 20.2 Å². The first kappa shape index (κ1) is 15.6. The number of rotatable bonds is 4. The minimum Gasteiger partial charge on any atom is -0.424 e. The number of benzene rings is 2. The van der Waals surface area contributed by atoms with Gasteiger partial charge in [0.15, 0.2) is 6.54 Å². The summed E-state index contributed by atoms with van der Waals surface area (Å²) in [6, 6.07) is 14.4. The van der Waals surface area contributed by atoms with E-state index in [0.717, 1.165) is 10.0 Å². The van der Waals surface area contributed by atoms with Crippen molar-refractivity contribution in [3.05, 3.63) is 58.0 Å². The van der Waals surface area contributed by atoms with Crippen LogP contribution in [0.5, 0.6) is 5.75 Å². The van der Waals surface area contributed by atoms with Crippen molar-refractivity contribution in [3.8, 4) is 17.1 Å². The van der Waals surface area contributed by atoms with Crippen LogP contribution in [0.3, 0.4) is 0 Å². The quantitative estimate of drug-likeness (QED) is 0.502. The monoisotopic (exact) mass is 392 g/mol. The molecule has 0 radical (unpaired) electrons. The van der Waals surface area contributed by atoms with E-state index in [4.69, 9.17) is 16.3 Å². The molecule has 23 heavy (non-hydrogen) atoms. The van der Waals surface area contributed by atoms with Crippen molar-refractivity contribution in [2.24, 2.45) is 0 Å². The summed E-state index contributed by atoms with van der Waals surface area (Å²) in [5, 5.41) is 12.3. The van der Waals surface area contributed by atoms with E-state index < -0.39 is 5.97 Å². The number of esters is 1. The lowest BCUT2D eigenvalue weighted by Crippen LogP contribution is -2.18. The van der Waals surface area contributed by atoms with Crippen LogP contribution in [0.15, 0.2) is 53.0 Å². The Kier molecular flexibility index (Phi) is 4.68. The van der Waals surface area contributed by atoms with Crippen molar-refractivity contribution in [2.75, 3.05) is 0 Å². The number of aromatic nitrogens is 4. The highest BCUT2D eigenvalue weighted by molar-refractivity contribution is 9.10. The zero-order chi connectivity index (χ0) is 16.2. The lowest BCUT2D eigenvalue weighted by Gasteiger charge is -2.05. The van der Waals surface area contributed by atoms with Gasteiger partial charge < -0.3 is 4.74 Å². The molecule has 0 aliphatic heterocycles. The molecule has 0 fully saturated rings. The maximum absolute atomic E-state index is 11.9. The lowest BCUT2D eigenvalue weighted by molar-refractivity contribution is -0.135. The summed E-state index contributed by atoms with van der Waals surface area (Å²) in [7, 11) is 0.